The van der Waals surface area contributed by atoms with Crippen molar-refractivity contribution in [3.05, 3.63) is 24.3 Å². The molecule has 8 heteroatoms. The Morgan fingerprint density at radius 3 is 2.26 bits per heavy atom. The van der Waals surface area contributed by atoms with E-state index in [1.807, 2.05) is 13.8 Å². The number of hydrogen-bond donors (Lipinski definition) is 1. The van der Waals surface area contributed by atoms with Crippen LogP contribution >= 0.6 is 0 Å². The van der Waals surface area contributed by atoms with Gasteiger partial charge in [0.2, 0.25) is 11.8 Å². The summed E-state index contributed by atoms with van der Waals surface area (Å²) >= 11 is 0. The van der Waals surface area contributed by atoms with Crippen LogP contribution in [0, 0.1) is 5.92 Å². The lowest BCUT2D eigenvalue weighted by atomic mass is 10.1. The number of hydrogen-bond acceptors (Lipinski definition) is 3. The summed E-state index contributed by atoms with van der Waals surface area (Å²) in [5.41, 5.74) is 0.314. The number of amides is 2. The average Bonchev–Trinajstić information content (AvgIpc) is 2.38. The minimum Gasteiger partial charge on any atom is -0.406 e. The van der Waals surface area contributed by atoms with E-state index in [9.17, 15) is 22.8 Å². The predicted molar refractivity (Wildman–Crippen MR) is 78.8 cm³/mol. The van der Waals surface area contributed by atoms with Gasteiger partial charge in [0, 0.05) is 19.2 Å². The standard InChI is InChI=1S/C15H19F3N2O3/c1-10(2)8-14(22)20(3)9-13(21)19-11-4-6-12(7-5-11)23-15(16,17)18/h4-7,10H,8-9H2,1-3H3,(H,19,21). The van der Waals surface area contributed by atoms with Crippen molar-refractivity contribution < 1.29 is 27.5 Å². The van der Waals surface area contributed by atoms with Crippen LogP contribution in [0.25, 0.3) is 0 Å². The highest BCUT2D eigenvalue weighted by atomic mass is 19.4. The van der Waals surface area contributed by atoms with Crippen LogP contribution in [0.3, 0.4) is 0 Å². The smallest absolute Gasteiger partial charge is 0.406 e. The fourth-order valence-corrected chi connectivity index (χ4v) is 1.75. The number of carbonyl (C=O) groups excluding carboxylic acids is 2. The number of alkyl halides is 3. The lowest BCUT2D eigenvalue weighted by Gasteiger charge is -2.18. The van der Waals surface area contributed by atoms with Crippen molar-refractivity contribution in [1.29, 1.82) is 0 Å². The van der Waals surface area contributed by atoms with E-state index < -0.39 is 12.3 Å². The zero-order chi connectivity index (χ0) is 17.6. The Labute approximate surface area is 132 Å². The van der Waals surface area contributed by atoms with E-state index in [0.717, 1.165) is 12.1 Å². The van der Waals surface area contributed by atoms with Crippen molar-refractivity contribution in [1.82, 2.24) is 4.90 Å². The molecule has 0 aliphatic carbocycles. The Balaban J connectivity index is 2.53. The molecule has 0 heterocycles. The molecule has 0 aromatic heterocycles. The highest BCUT2D eigenvalue weighted by Crippen LogP contribution is 2.23. The molecule has 128 valence electrons. The summed E-state index contributed by atoms with van der Waals surface area (Å²) in [6.07, 6.45) is -4.42. The van der Waals surface area contributed by atoms with Crippen LogP contribution < -0.4 is 10.1 Å². The van der Waals surface area contributed by atoms with Crippen molar-refractivity contribution in [2.75, 3.05) is 18.9 Å². The van der Waals surface area contributed by atoms with Crippen molar-refractivity contribution in [2.24, 2.45) is 5.92 Å². The van der Waals surface area contributed by atoms with Crippen molar-refractivity contribution >= 4 is 17.5 Å². The van der Waals surface area contributed by atoms with E-state index in [-0.39, 0.29) is 24.1 Å². The first-order valence-electron chi connectivity index (χ1n) is 6.96. The molecule has 0 atom stereocenters. The van der Waals surface area contributed by atoms with Gasteiger partial charge in [0.25, 0.3) is 0 Å². The molecule has 1 aromatic carbocycles. The molecule has 1 rings (SSSR count). The summed E-state index contributed by atoms with van der Waals surface area (Å²) in [5.74, 6) is -0.771. The minimum atomic E-state index is -4.76. The fourth-order valence-electron chi connectivity index (χ4n) is 1.75. The Morgan fingerprint density at radius 2 is 1.78 bits per heavy atom. The second kappa shape index (κ2) is 7.85. The van der Waals surface area contributed by atoms with E-state index in [1.165, 1.54) is 24.1 Å². The van der Waals surface area contributed by atoms with Gasteiger partial charge in [-0.2, -0.15) is 0 Å². The molecule has 0 saturated carbocycles. The quantitative estimate of drug-likeness (QED) is 0.871. The molecule has 0 fully saturated rings. The molecule has 0 bridgehead atoms. The highest BCUT2D eigenvalue weighted by molar-refractivity contribution is 5.94. The summed E-state index contributed by atoms with van der Waals surface area (Å²) in [4.78, 5) is 24.9. The first kappa shape index (κ1) is 18.8. The molecular formula is C15H19F3N2O3. The molecule has 0 saturated heterocycles. The number of carbonyl (C=O) groups is 2. The molecule has 0 spiro atoms. The van der Waals surface area contributed by atoms with Gasteiger partial charge in [-0.25, -0.2) is 0 Å². The monoisotopic (exact) mass is 332 g/mol. The van der Waals surface area contributed by atoms with E-state index in [1.54, 1.807) is 0 Å². The van der Waals surface area contributed by atoms with Gasteiger partial charge in [-0.15, -0.1) is 13.2 Å². The van der Waals surface area contributed by atoms with Gasteiger partial charge in [0.1, 0.15) is 5.75 Å². The van der Waals surface area contributed by atoms with Crippen molar-refractivity contribution in [3.8, 4) is 5.75 Å². The zero-order valence-electron chi connectivity index (χ0n) is 13.1. The van der Waals surface area contributed by atoms with E-state index >= 15 is 0 Å². The maximum absolute atomic E-state index is 12.0. The van der Waals surface area contributed by atoms with Gasteiger partial charge < -0.3 is 15.0 Å². The number of likely N-dealkylation sites (N-methyl/N-ethyl adjacent to an activating group) is 1. The Kier molecular flexibility index (Phi) is 6.41. The van der Waals surface area contributed by atoms with E-state index in [2.05, 4.69) is 10.1 Å². The Bertz CT molecular complexity index is 542. The number of nitrogens with zero attached hydrogens (tertiary/aromatic N) is 1. The van der Waals surface area contributed by atoms with Gasteiger partial charge in [0.05, 0.1) is 6.54 Å². The van der Waals surface area contributed by atoms with Crippen molar-refractivity contribution in [2.45, 2.75) is 26.6 Å². The van der Waals surface area contributed by atoms with Crippen LogP contribution in [0.15, 0.2) is 24.3 Å². The highest BCUT2D eigenvalue weighted by Gasteiger charge is 2.30. The minimum absolute atomic E-state index is 0.133. The number of rotatable bonds is 6. The lowest BCUT2D eigenvalue weighted by molar-refractivity contribution is -0.274. The Hall–Kier alpha value is -2.25. The zero-order valence-corrected chi connectivity index (χ0v) is 13.1. The molecule has 5 nitrogen and oxygen atoms in total. The van der Waals surface area contributed by atoms with Gasteiger partial charge >= 0.3 is 6.36 Å². The van der Waals surface area contributed by atoms with Crippen LogP contribution in [-0.4, -0.2) is 36.7 Å². The molecule has 0 radical (unpaired) electrons. The molecule has 2 amide bonds. The summed E-state index contributed by atoms with van der Waals surface area (Å²) in [7, 11) is 1.52. The van der Waals surface area contributed by atoms with Crippen LogP contribution in [0.5, 0.6) is 5.75 Å². The summed E-state index contributed by atoms with van der Waals surface area (Å²) in [6, 6.07) is 4.76. The van der Waals surface area contributed by atoms with Crippen LogP contribution in [0.1, 0.15) is 20.3 Å². The van der Waals surface area contributed by atoms with Crippen molar-refractivity contribution in [3.63, 3.8) is 0 Å². The Morgan fingerprint density at radius 1 is 1.22 bits per heavy atom. The summed E-state index contributed by atoms with van der Waals surface area (Å²) in [6.45, 7) is 3.67. The number of nitrogens with one attached hydrogen (secondary N) is 1. The number of benzene rings is 1. The van der Waals surface area contributed by atoms with Gasteiger partial charge in [-0.3, -0.25) is 9.59 Å². The summed E-state index contributed by atoms with van der Waals surface area (Å²) < 4.78 is 39.8. The second-order valence-electron chi connectivity index (χ2n) is 5.47. The second-order valence-corrected chi connectivity index (χ2v) is 5.47. The van der Waals surface area contributed by atoms with Gasteiger partial charge in [-0.1, -0.05) is 13.8 Å². The SMILES string of the molecule is CC(C)CC(=O)N(C)CC(=O)Nc1ccc(OC(F)(F)F)cc1. The first-order valence-corrected chi connectivity index (χ1v) is 6.96. The average molecular weight is 332 g/mol. The molecule has 0 unspecified atom stereocenters. The summed E-state index contributed by atoms with van der Waals surface area (Å²) in [5, 5.41) is 2.50. The molecule has 23 heavy (non-hydrogen) atoms. The maximum atomic E-state index is 12.0. The van der Waals surface area contributed by atoms with E-state index in [0.29, 0.717) is 12.1 Å². The third-order valence-corrected chi connectivity index (χ3v) is 2.76. The normalized spacial score (nSPS) is 11.3. The maximum Gasteiger partial charge on any atom is 0.573 e. The molecule has 0 aliphatic heterocycles. The lowest BCUT2D eigenvalue weighted by Crippen LogP contribution is -2.35. The van der Waals surface area contributed by atoms with E-state index in [4.69, 9.17) is 0 Å². The van der Waals surface area contributed by atoms with Crippen LogP contribution in [0.4, 0.5) is 18.9 Å². The third-order valence-electron chi connectivity index (χ3n) is 2.76. The third kappa shape index (κ3) is 7.53. The predicted octanol–water partition coefficient (Wildman–Crippen LogP) is 3.03. The van der Waals surface area contributed by atoms with Gasteiger partial charge in [0.15, 0.2) is 0 Å². The largest absolute Gasteiger partial charge is 0.573 e. The van der Waals surface area contributed by atoms with Crippen LogP contribution in [-0.2, 0) is 9.59 Å². The topological polar surface area (TPSA) is 58.6 Å². The molecular weight excluding hydrogens is 313 g/mol. The number of ether oxygens (including phenoxy) is 1. The number of halogens is 3. The van der Waals surface area contributed by atoms with Crippen LogP contribution in [0.2, 0.25) is 0 Å². The fraction of sp³-hybridized carbons (Fsp3) is 0.467. The molecule has 1 N–H and O–H groups in total. The number of anilines is 1. The molecule has 0 aliphatic rings. The molecule has 1 aromatic rings. The van der Waals surface area contributed by atoms with Gasteiger partial charge in [-0.05, 0) is 30.2 Å². The first-order chi connectivity index (χ1) is 10.6.